The first kappa shape index (κ1) is 12.4. The van der Waals surface area contributed by atoms with Gasteiger partial charge in [0.05, 0.1) is 16.5 Å². The molecule has 0 aromatic carbocycles. The lowest BCUT2D eigenvalue weighted by atomic mass is 10.3. The highest BCUT2D eigenvalue weighted by Gasteiger charge is 2.15. The lowest BCUT2D eigenvalue weighted by molar-refractivity contribution is 0.589. The fraction of sp³-hybridized carbons (Fsp3) is 0.444. The van der Waals surface area contributed by atoms with Crippen molar-refractivity contribution < 1.29 is 8.42 Å². The zero-order chi connectivity index (χ0) is 11.5. The molecule has 15 heavy (non-hydrogen) atoms. The average molecular weight is 249 g/mol. The van der Waals surface area contributed by atoms with E-state index in [2.05, 4.69) is 4.98 Å². The van der Waals surface area contributed by atoms with Gasteiger partial charge in [0.2, 0.25) is 0 Å². The van der Waals surface area contributed by atoms with Gasteiger partial charge in [-0.1, -0.05) is 11.6 Å². The highest BCUT2D eigenvalue weighted by molar-refractivity contribution is 7.90. The van der Waals surface area contributed by atoms with Crippen LogP contribution in [0.1, 0.15) is 12.5 Å². The van der Waals surface area contributed by atoms with Gasteiger partial charge in [0.15, 0.2) is 9.84 Å². The van der Waals surface area contributed by atoms with Crippen molar-refractivity contribution in [3.8, 4) is 0 Å². The predicted octanol–water partition coefficient (Wildman–Crippen LogP) is 0.997. The Hall–Kier alpha value is -0.650. The summed E-state index contributed by atoms with van der Waals surface area (Å²) < 4.78 is 23.2. The minimum atomic E-state index is -3.19. The van der Waals surface area contributed by atoms with Gasteiger partial charge in [-0.2, -0.15) is 0 Å². The number of aromatic nitrogens is 1. The molecule has 0 saturated carbocycles. The van der Waals surface area contributed by atoms with Crippen LogP contribution >= 0.6 is 11.6 Å². The topological polar surface area (TPSA) is 73.1 Å². The summed E-state index contributed by atoms with van der Waals surface area (Å²) in [6.07, 6.45) is 2.95. The first-order valence-electron chi connectivity index (χ1n) is 4.45. The Kier molecular flexibility index (Phi) is 4.07. The number of hydrogen-bond donors (Lipinski definition) is 1. The number of rotatable bonds is 4. The summed E-state index contributed by atoms with van der Waals surface area (Å²) in [5.74, 6) is -0.123. The van der Waals surface area contributed by atoms with E-state index in [9.17, 15) is 8.42 Å². The summed E-state index contributed by atoms with van der Waals surface area (Å²) in [6, 6.07) is 1.23. The van der Waals surface area contributed by atoms with Gasteiger partial charge in [-0.25, -0.2) is 8.42 Å². The zero-order valence-electron chi connectivity index (χ0n) is 8.35. The van der Waals surface area contributed by atoms with Crippen LogP contribution in [-0.4, -0.2) is 25.2 Å². The van der Waals surface area contributed by atoms with Crippen molar-refractivity contribution >= 4 is 21.4 Å². The molecule has 1 aromatic heterocycles. The first-order valence-corrected chi connectivity index (χ1v) is 6.65. The van der Waals surface area contributed by atoms with Gasteiger partial charge in [0.25, 0.3) is 0 Å². The molecule has 2 N–H and O–H groups in total. The predicted molar refractivity (Wildman–Crippen MR) is 60.4 cm³/mol. The Morgan fingerprint density at radius 2 is 2.27 bits per heavy atom. The molecule has 0 amide bonds. The van der Waals surface area contributed by atoms with Gasteiger partial charge in [-0.15, -0.1) is 0 Å². The quantitative estimate of drug-likeness (QED) is 0.863. The Bertz CT molecular complexity index is 431. The van der Waals surface area contributed by atoms with E-state index < -0.39 is 9.84 Å². The lowest BCUT2D eigenvalue weighted by Gasteiger charge is -2.07. The van der Waals surface area contributed by atoms with Gasteiger partial charge in [-0.05, 0) is 18.6 Å². The second kappa shape index (κ2) is 4.92. The number of sulfone groups is 1. The lowest BCUT2D eigenvalue weighted by Crippen LogP contribution is -2.27. The monoisotopic (exact) mass is 248 g/mol. The molecule has 0 aliphatic rings. The second-order valence-electron chi connectivity index (χ2n) is 3.50. The molecule has 0 bridgehead atoms. The third-order valence-electron chi connectivity index (χ3n) is 1.75. The zero-order valence-corrected chi connectivity index (χ0v) is 9.92. The number of pyridine rings is 1. The largest absolute Gasteiger partial charge is 0.327 e. The molecular weight excluding hydrogens is 236 g/mol. The van der Waals surface area contributed by atoms with Gasteiger partial charge < -0.3 is 5.73 Å². The van der Waals surface area contributed by atoms with Crippen LogP contribution in [0, 0.1) is 0 Å². The van der Waals surface area contributed by atoms with Crippen LogP contribution in [0.25, 0.3) is 0 Å². The van der Waals surface area contributed by atoms with E-state index in [1.807, 2.05) is 0 Å². The standard InChI is InChI=1S/C9H13ClN2O2S/c1-7(11)5-15(13,14)6-8-2-3-12-4-9(8)10/h2-4,7H,5-6,11H2,1H3. The van der Waals surface area contributed by atoms with Crippen LogP contribution in [0.2, 0.25) is 5.02 Å². The number of nitrogens with two attached hydrogens (primary N) is 1. The summed E-state index contributed by atoms with van der Waals surface area (Å²) >= 11 is 5.81. The first-order chi connectivity index (χ1) is 6.91. The van der Waals surface area contributed by atoms with E-state index in [0.717, 1.165) is 0 Å². The molecule has 1 unspecified atom stereocenters. The van der Waals surface area contributed by atoms with E-state index in [1.54, 1.807) is 13.0 Å². The number of nitrogens with zero attached hydrogens (tertiary/aromatic N) is 1. The highest BCUT2D eigenvalue weighted by Crippen LogP contribution is 2.16. The Morgan fingerprint density at radius 1 is 1.60 bits per heavy atom. The van der Waals surface area contributed by atoms with Gasteiger partial charge in [0.1, 0.15) is 0 Å². The molecule has 0 fully saturated rings. The minimum Gasteiger partial charge on any atom is -0.327 e. The van der Waals surface area contributed by atoms with Gasteiger partial charge in [-0.3, -0.25) is 4.98 Å². The molecule has 0 aliphatic carbocycles. The molecule has 0 radical (unpaired) electrons. The van der Waals surface area contributed by atoms with Crippen LogP contribution in [0.4, 0.5) is 0 Å². The Labute approximate surface area is 94.4 Å². The number of hydrogen-bond acceptors (Lipinski definition) is 4. The van der Waals surface area contributed by atoms with E-state index in [4.69, 9.17) is 17.3 Å². The van der Waals surface area contributed by atoms with Crippen LogP contribution in [0.5, 0.6) is 0 Å². The molecule has 84 valence electrons. The molecule has 1 atom stereocenters. The molecule has 6 heteroatoms. The molecule has 1 heterocycles. The second-order valence-corrected chi connectivity index (χ2v) is 6.02. The van der Waals surface area contributed by atoms with Crippen molar-refractivity contribution in [1.82, 2.24) is 4.98 Å². The summed E-state index contributed by atoms with van der Waals surface area (Å²) in [4.78, 5) is 3.78. The normalized spacial score (nSPS) is 13.8. The van der Waals surface area contributed by atoms with Crippen LogP contribution in [-0.2, 0) is 15.6 Å². The van der Waals surface area contributed by atoms with Crippen molar-refractivity contribution in [3.05, 3.63) is 29.0 Å². The van der Waals surface area contributed by atoms with E-state index in [1.165, 1.54) is 12.4 Å². The summed E-state index contributed by atoms with van der Waals surface area (Å²) in [7, 11) is -3.19. The summed E-state index contributed by atoms with van der Waals surface area (Å²) in [6.45, 7) is 1.66. The van der Waals surface area contributed by atoms with Crippen LogP contribution < -0.4 is 5.73 Å². The summed E-state index contributed by atoms with van der Waals surface area (Å²) in [5.41, 5.74) is 6.01. The fourth-order valence-corrected chi connectivity index (χ4v) is 3.13. The molecule has 1 aromatic rings. The smallest absolute Gasteiger partial charge is 0.156 e. The average Bonchev–Trinajstić information content (AvgIpc) is 2.06. The molecule has 4 nitrogen and oxygen atoms in total. The maximum atomic E-state index is 11.6. The molecule has 0 aliphatic heterocycles. The molecule has 0 spiro atoms. The maximum absolute atomic E-state index is 11.6. The third kappa shape index (κ3) is 4.15. The fourth-order valence-electron chi connectivity index (χ4n) is 1.22. The Balaban J connectivity index is 2.83. The Morgan fingerprint density at radius 3 is 2.80 bits per heavy atom. The van der Waals surface area contributed by atoms with E-state index >= 15 is 0 Å². The maximum Gasteiger partial charge on any atom is 0.156 e. The third-order valence-corrected chi connectivity index (χ3v) is 3.87. The van der Waals surface area contributed by atoms with Crippen molar-refractivity contribution in [1.29, 1.82) is 0 Å². The van der Waals surface area contributed by atoms with Crippen molar-refractivity contribution in [2.75, 3.05) is 5.75 Å². The highest BCUT2D eigenvalue weighted by atomic mass is 35.5. The number of halogens is 1. The van der Waals surface area contributed by atoms with Crippen LogP contribution in [0.3, 0.4) is 0 Å². The van der Waals surface area contributed by atoms with Gasteiger partial charge >= 0.3 is 0 Å². The molecular formula is C9H13ClN2O2S. The van der Waals surface area contributed by atoms with Crippen molar-refractivity contribution in [2.24, 2.45) is 5.73 Å². The molecule has 0 saturated heterocycles. The minimum absolute atomic E-state index is 0.0361. The van der Waals surface area contributed by atoms with Crippen molar-refractivity contribution in [2.45, 2.75) is 18.7 Å². The van der Waals surface area contributed by atoms with E-state index in [-0.39, 0.29) is 17.5 Å². The van der Waals surface area contributed by atoms with E-state index in [0.29, 0.717) is 10.6 Å². The molecule has 1 rings (SSSR count). The van der Waals surface area contributed by atoms with Crippen molar-refractivity contribution in [3.63, 3.8) is 0 Å². The SMILES string of the molecule is CC(N)CS(=O)(=O)Cc1ccncc1Cl. The van der Waals surface area contributed by atoms with Gasteiger partial charge in [0, 0.05) is 18.4 Å². The summed E-state index contributed by atoms with van der Waals surface area (Å²) in [5, 5.41) is 0.366. The van der Waals surface area contributed by atoms with Crippen LogP contribution in [0.15, 0.2) is 18.5 Å².